The Hall–Kier alpha value is -4.91. The lowest BCUT2D eigenvalue weighted by Crippen LogP contribution is -2.58. The molecule has 2 aromatic carbocycles. The number of aliphatic carboxylic acids is 2. The number of carbonyl (C=O) groups is 5. The van der Waals surface area contributed by atoms with Gasteiger partial charge in [0.15, 0.2) is 0 Å². The normalized spacial score (nSPS) is 14.0. The Morgan fingerprint density at radius 3 is 2.05 bits per heavy atom. The van der Waals surface area contributed by atoms with E-state index >= 15 is 0 Å². The van der Waals surface area contributed by atoms with E-state index in [0.717, 1.165) is 10.9 Å². The molecule has 13 heteroatoms. The number of benzene rings is 2. The summed E-state index contributed by atoms with van der Waals surface area (Å²) in [5.41, 5.74) is 7.90. The third kappa shape index (κ3) is 9.30. The number of H-pyrrole nitrogens is 1. The van der Waals surface area contributed by atoms with Gasteiger partial charge in [0.25, 0.3) is 0 Å². The summed E-state index contributed by atoms with van der Waals surface area (Å²) >= 11 is 0. The van der Waals surface area contributed by atoms with Crippen molar-refractivity contribution in [3.8, 4) is 5.75 Å². The molecule has 3 amide bonds. The number of hydrogen-bond donors (Lipinski definition) is 8. The maximum absolute atomic E-state index is 13.6. The number of hydrogen-bond acceptors (Lipinski definition) is 7. The van der Waals surface area contributed by atoms with Gasteiger partial charge in [-0.05, 0) is 41.7 Å². The molecule has 0 aliphatic rings. The molecule has 3 aromatic rings. The van der Waals surface area contributed by atoms with E-state index in [1.165, 1.54) is 24.3 Å². The van der Waals surface area contributed by atoms with Crippen LogP contribution in [0.4, 0.5) is 0 Å². The molecule has 0 fully saturated rings. The van der Waals surface area contributed by atoms with Crippen molar-refractivity contribution in [2.24, 2.45) is 11.7 Å². The van der Waals surface area contributed by atoms with Crippen LogP contribution < -0.4 is 21.7 Å². The molecule has 13 nitrogen and oxygen atoms in total. The number of phenolic OH excluding ortho intramolecular Hbond substituents is 1. The average molecular weight is 596 g/mol. The van der Waals surface area contributed by atoms with E-state index < -0.39 is 60.2 Å². The highest BCUT2D eigenvalue weighted by atomic mass is 16.4. The molecule has 0 saturated carbocycles. The number of nitrogens with two attached hydrogens (primary N) is 1. The van der Waals surface area contributed by atoms with Gasteiger partial charge in [0.1, 0.15) is 23.9 Å². The van der Waals surface area contributed by atoms with E-state index in [0.29, 0.717) is 11.1 Å². The smallest absolute Gasteiger partial charge is 0.326 e. The molecule has 4 unspecified atom stereocenters. The van der Waals surface area contributed by atoms with Gasteiger partial charge in [0.05, 0.1) is 6.04 Å². The second kappa shape index (κ2) is 14.8. The fourth-order valence-electron chi connectivity index (χ4n) is 4.45. The quantitative estimate of drug-likeness (QED) is 0.125. The van der Waals surface area contributed by atoms with Crippen LogP contribution in [0.2, 0.25) is 0 Å². The molecule has 0 aliphatic heterocycles. The molecule has 43 heavy (non-hydrogen) atoms. The molecular weight excluding hydrogens is 558 g/mol. The molecule has 0 aliphatic carbocycles. The first-order valence-corrected chi connectivity index (χ1v) is 13.8. The van der Waals surface area contributed by atoms with Crippen LogP contribution in [-0.4, -0.2) is 74.1 Å². The summed E-state index contributed by atoms with van der Waals surface area (Å²) in [4.78, 5) is 66.1. The summed E-state index contributed by atoms with van der Waals surface area (Å²) in [6.07, 6.45) is 0.825. The molecule has 230 valence electrons. The molecule has 0 saturated heterocycles. The highest BCUT2D eigenvalue weighted by Gasteiger charge is 2.31. The monoisotopic (exact) mass is 595 g/mol. The summed E-state index contributed by atoms with van der Waals surface area (Å²) in [5.74, 6) is -5.04. The van der Waals surface area contributed by atoms with Crippen LogP contribution >= 0.6 is 0 Å². The number of carboxylic acid groups (broad SMARTS) is 2. The summed E-state index contributed by atoms with van der Waals surface area (Å²) < 4.78 is 0. The maximum Gasteiger partial charge on any atom is 0.326 e. The largest absolute Gasteiger partial charge is 0.508 e. The number of para-hydroxylation sites is 1. The fourth-order valence-corrected chi connectivity index (χ4v) is 4.45. The highest BCUT2D eigenvalue weighted by Crippen LogP contribution is 2.20. The number of aromatic amines is 1. The number of carbonyl (C=O) groups excluding carboxylic acids is 3. The van der Waals surface area contributed by atoms with Gasteiger partial charge in [0, 0.05) is 36.4 Å². The lowest BCUT2D eigenvalue weighted by atomic mass is 10.0. The van der Waals surface area contributed by atoms with E-state index in [1.54, 1.807) is 26.1 Å². The number of fused-ring (bicyclic) bond motifs is 1. The van der Waals surface area contributed by atoms with Crippen molar-refractivity contribution in [2.75, 3.05) is 0 Å². The van der Waals surface area contributed by atoms with Crippen LogP contribution in [0.1, 0.15) is 37.8 Å². The number of aromatic hydroxyl groups is 1. The minimum absolute atomic E-state index is 0.0000554. The molecule has 0 spiro atoms. The molecule has 3 rings (SSSR count). The Balaban J connectivity index is 1.88. The van der Waals surface area contributed by atoms with Gasteiger partial charge in [-0.15, -0.1) is 0 Å². The molecule has 1 aromatic heterocycles. The number of phenols is 1. The maximum atomic E-state index is 13.6. The van der Waals surface area contributed by atoms with E-state index in [-0.39, 0.29) is 30.9 Å². The van der Waals surface area contributed by atoms with Crippen LogP contribution in [0.25, 0.3) is 10.9 Å². The molecule has 0 radical (unpaired) electrons. The van der Waals surface area contributed by atoms with Crippen LogP contribution in [0, 0.1) is 5.92 Å². The second-order valence-corrected chi connectivity index (χ2v) is 10.7. The van der Waals surface area contributed by atoms with E-state index in [4.69, 9.17) is 5.73 Å². The predicted octanol–water partition coefficient (Wildman–Crippen LogP) is 1.05. The number of amides is 3. The Morgan fingerprint density at radius 1 is 0.814 bits per heavy atom. The molecule has 9 N–H and O–H groups in total. The Morgan fingerprint density at radius 2 is 1.42 bits per heavy atom. The lowest BCUT2D eigenvalue weighted by Gasteiger charge is -2.25. The minimum atomic E-state index is -1.37. The zero-order chi connectivity index (χ0) is 31.7. The number of rotatable bonds is 15. The lowest BCUT2D eigenvalue weighted by molar-refractivity contribution is -0.142. The van der Waals surface area contributed by atoms with Crippen molar-refractivity contribution in [2.45, 2.75) is 63.7 Å². The van der Waals surface area contributed by atoms with Gasteiger partial charge in [-0.3, -0.25) is 19.2 Å². The van der Waals surface area contributed by atoms with E-state index in [2.05, 4.69) is 20.9 Å². The summed E-state index contributed by atoms with van der Waals surface area (Å²) in [7, 11) is 0. The third-order valence-electron chi connectivity index (χ3n) is 7.02. The average Bonchev–Trinajstić information content (AvgIpc) is 3.37. The zero-order valence-electron chi connectivity index (χ0n) is 23.9. The van der Waals surface area contributed by atoms with Crippen LogP contribution in [0.15, 0.2) is 54.7 Å². The Kier molecular flexibility index (Phi) is 11.2. The van der Waals surface area contributed by atoms with Gasteiger partial charge in [-0.2, -0.15) is 0 Å². The first-order chi connectivity index (χ1) is 20.3. The predicted molar refractivity (Wildman–Crippen MR) is 157 cm³/mol. The Labute approximate surface area is 247 Å². The van der Waals surface area contributed by atoms with Crippen molar-refractivity contribution in [3.05, 3.63) is 65.9 Å². The van der Waals surface area contributed by atoms with Crippen molar-refractivity contribution in [1.29, 1.82) is 0 Å². The van der Waals surface area contributed by atoms with Gasteiger partial charge < -0.3 is 42.0 Å². The second-order valence-electron chi connectivity index (χ2n) is 10.7. The van der Waals surface area contributed by atoms with Gasteiger partial charge in [0.2, 0.25) is 17.7 Å². The summed E-state index contributed by atoms with van der Waals surface area (Å²) in [5, 5.41) is 36.9. The SMILES string of the molecule is CC(C)C(N)C(=O)NC(CCC(=O)O)C(=O)NC(Cc1c[nH]c2ccccc12)C(=O)NC(Cc1ccc(O)cc1)C(=O)O. The van der Waals surface area contributed by atoms with Gasteiger partial charge >= 0.3 is 11.9 Å². The van der Waals surface area contributed by atoms with Crippen molar-refractivity contribution in [3.63, 3.8) is 0 Å². The first-order valence-electron chi connectivity index (χ1n) is 13.8. The van der Waals surface area contributed by atoms with Crippen LogP contribution in [-0.2, 0) is 36.8 Å². The van der Waals surface area contributed by atoms with Crippen LogP contribution in [0.5, 0.6) is 5.75 Å². The fraction of sp³-hybridized carbons (Fsp3) is 0.367. The van der Waals surface area contributed by atoms with Gasteiger partial charge in [-0.1, -0.05) is 44.2 Å². The Bertz CT molecular complexity index is 1450. The zero-order valence-corrected chi connectivity index (χ0v) is 23.9. The number of aromatic nitrogens is 1. The number of carboxylic acids is 2. The first kappa shape index (κ1) is 32.6. The van der Waals surface area contributed by atoms with Crippen molar-refractivity contribution in [1.82, 2.24) is 20.9 Å². The van der Waals surface area contributed by atoms with Crippen LogP contribution in [0.3, 0.4) is 0 Å². The minimum Gasteiger partial charge on any atom is -0.508 e. The summed E-state index contributed by atoms with van der Waals surface area (Å²) in [6, 6.07) is 8.20. The topological polar surface area (TPSA) is 224 Å². The highest BCUT2D eigenvalue weighted by molar-refractivity contribution is 5.95. The molecule has 1 heterocycles. The summed E-state index contributed by atoms with van der Waals surface area (Å²) in [6.45, 7) is 3.43. The van der Waals surface area contributed by atoms with E-state index in [9.17, 15) is 39.3 Å². The van der Waals surface area contributed by atoms with Crippen molar-refractivity contribution < 1.29 is 39.3 Å². The molecule has 0 bridgehead atoms. The molecule has 4 atom stereocenters. The standard InChI is InChI=1S/C30H37N5O8/c1-16(2)26(31)29(41)33-22(11-12-25(37)38)27(39)34-23(14-18-15-32-21-6-4-3-5-20(18)21)28(40)35-24(30(42)43)13-17-7-9-19(36)10-8-17/h3-10,15-16,22-24,26,32,36H,11-14,31H2,1-2H3,(H,33,41)(H,34,39)(H,35,40)(H,37,38)(H,42,43). The van der Waals surface area contributed by atoms with E-state index in [1.807, 2.05) is 18.2 Å². The molecular formula is C30H37N5O8. The number of nitrogens with one attached hydrogen (secondary N) is 4. The van der Waals surface area contributed by atoms with Gasteiger partial charge in [-0.25, -0.2) is 4.79 Å². The van der Waals surface area contributed by atoms with Crippen molar-refractivity contribution >= 4 is 40.6 Å². The third-order valence-corrected chi connectivity index (χ3v) is 7.02.